The number of nitrogen functional groups attached to an aromatic ring is 1. The number of anilines is 2. The van der Waals surface area contributed by atoms with E-state index in [1.165, 1.54) is 0 Å². The summed E-state index contributed by atoms with van der Waals surface area (Å²) >= 11 is 3.39. The third-order valence-corrected chi connectivity index (χ3v) is 3.07. The second-order valence-corrected chi connectivity index (χ2v) is 4.49. The predicted octanol–water partition coefficient (Wildman–Crippen LogP) is 2.82. The average molecular weight is 286 g/mol. The molecule has 0 aliphatic heterocycles. The number of amides is 2. The fourth-order valence-electron chi connectivity index (χ4n) is 1.14. The highest BCUT2D eigenvalue weighted by molar-refractivity contribution is 9.10. The van der Waals surface area contributed by atoms with E-state index in [1.807, 2.05) is 19.9 Å². The molecule has 3 N–H and O–H groups in total. The number of nitrogens with one attached hydrogen (secondary N) is 1. The summed E-state index contributed by atoms with van der Waals surface area (Å²) in [4.78, 5) is 13.2. The van der Waals surface area contributed by atoms with Gasteiger partial charge in [0.1, 0.15) is 0 Å². The summed E-state index contributed by atoms with van der Waals surface area (Å²) in [6.45, 7) is 4.49. The molecule has 5 heteroatoms. The molecule has 0 bridgehead atoms. The summed E-state index contributed by atoms with van der Waals surface area (Å²) in [7, 11) is 1.74. The lowest BCUT2D eigenvalue weighted by atomic mass is 10.2. The number of hydrogen-bond acceptors (Lipinski definition) is 2. The predicted molar refractivity (Wildman–Crippen MR) is 70.6 cm³/mol. The van der Waals surface area contributed by atoms with E-state index in [2.05, 4.69) is 21.2 Å². The Morgan fingerprint density at radius 1 is 1.56 bits per heavy atom. The van der Waals surface area contributed by atoms with Crippen LogP contribution < -0.4 is 11.1 Å². The van der Waals surface area contributed by atoms with E-state index in [0.717, 1.165) is 10.0 Å². The van der Waals surface area contributed by atoms with Gasteiger partial charge in [0.05, 0.1) is 5.69 Å². The zero-order chi connectivity index (χ0) is 12.3. The maximum absolute atomic E-state index is 11.6. The van der Waals surface area contributed by atoms with Gasteiger partial charge in [-0.1, -0.05) is 0 Å². The topological polar surface area (TPSA) is 58.4 Å². The van der Waals surface area contributed by atoms with Crippen molar-refractivity contribution in [2.24, 2.45) is 0 Å². The first kappa shape index (κ1) is 12.8. The Bertz CT molecular complexity index is 406. The lowest BCUT2D eigenvalue weighted by molar-refractivity contribution is 0.224. The molecule has 0 spiro atoms. The van der Waals surface area contributed by atoms with Crippen LogP contribution in [0.15, 0.2) is 16.6 Å². The quantitative estimate of drug-likeness (QED) is 0.821. The summed E-state index contributed by atoms with van der Waals surface area (Å²) in [6, 6.07) is 3.49. The third-order valence-electron chi connectivity index (χ3n) is 2.42. The molecular formula is C11H16BrN3O. The van der Waals surface area contributed by atoms with Crippen molar-refractivity contribution in [3.05, 3.63) is 22.2 Å². The van der Waals surface area contributed by atoms with E-state index in [-0.39, 0.29) is 6.03 Å². The van der Waals surface area contributed by atoms with Crippen molar-refractivity contribution in [2.45, 2.75) is 13.8 Å². The van der Waals surface area contributed by atoms with Gasteiger partial charge in [-0.3, -0.25) is 0 Å². The molecular weight excluding hydrogens is 270 g/mol. The Labute approximate surface area is 104 Å². The summed E-state index contributed by atoms with van der Waals surface area (Å²) in [5.74, 6) is 0. The van der Waals surface area contributed by atoms with Crippen molar-refractivity contribution < 1.29 is 4.79 Å². The number of halogens is 1. The van der Waals surface area contributed by atoms with Crippen LogP contribution >= 0.6 is 15.9 Å². The standard InChI is InChI=1S/C11H16BrN3O/c1-4-15(3)11(16)14-10-6-9(13)7(2)5-8(10)12/h5-6H,4,13H2,1-3H3,(H,14,16). The number of carbonyl (C=O) groups is 1. The Hall–Kier alpha value is -1.23. The molecule has 0 aromatic heterocycles. The van der Waals surface area contributed by atoms with Crippen LogP contribution in [-0.4, -0.2) is 24.5 Å². The first-order chi connectivity index (χ1) is 7.45. The molecule has 16 heavy (non-hydrogen) atoms. The number of benzene rings is 1. The van der Waals surface area contributed by atoms with Gasteiger partial charge in [-0.15, -0.1) is 0 Å². The van der Waals surface area contributed by atoms with Gasteiger partial charge in [-0.05, 0) is 47.5 Å². The molecule has 88 valence electrons. The first-order valence-electron chi connectivity index (χ1n) is 5.03. The average Bonchev–Trinajstić information content (AvgIpc) is 2.24. The number of aryl methyl sites for hydroxylation is 1. The minimum absolute atomic E-state index is 0.147. The number of nitrogens with two attached hydrogens (primary N) is 1. The summed E-state index contributed by atoms with van der Waals surface area (Å²) in [6.07, 6.45) is 0. The highest BCUT2D eigenvalue weighted by Gasteiger charge is 2.10. The number of carbonyl (C=O) groups excluding carboxylic acids is 1. The fourth-order valence-corrected chi connectivity index (χ4v) is 1.70. The molecule has 0 saturated heterocycles. The molecule has 0 aliphatic carbocycles. The minimum Gasteiger partial charge on any atom is -0.398 e. The Balaban J connectivity index is 2.90. The number of rotatable bonds is 2. The van der Waals surface area contributed by atoms with Crippen LogP contribution in [0.1, 0.15) is 12.5 Å². The van der Waals surface area contributed by atoms with Crippen molar-refractivity contribution in [1.29, 1.82) is 0 Å². The molecule has 0 atom stereocenters. The van der Waals surface area contributed by atoms with E-state index in [4.69, 9.17) is 5.73 Å². The molecule has 1 rings (SSSR count). The van der Waals surface area contributed by atoms with Gasteiger partial charge < -0.3 is 16.0 Å². The Kier molecular flexibility index (Phi) is 4.18. The van der Waals surface area contributed by atoms with Crippen molar-refractivity contribution >= 4 is 33.3 Å². The maximum Gasteiger partial charge on any atom is 0.321 e. The van der Waals surface area contributed by atoms with E-state index >= 15 is 0 Å². The van der Waals surface area contributed by atoms with Gasteiger partial charge in [-0.2, -0.15) is 0 Å². The summed E-state index contributed by atoms with van der Waals surface area (Å²) in [5.41, 5.74) is 8.12. The van der Waals surface area contributed by atoms with Gasteiger partial charge in [0.15, 0.2) is 0 Å². The van der Waals surface area contributed by atoms with Crippen LogP contribution in [0, 0.1) is 6.92 Å². The number of nitrogens with zero attached hydrogens (tertiary/aromatic N) is 1. The van der Waals surface area contributed by atoms with Gasteiger partial charge in [-0.25, -0.2) is 4.79 Å². The van der Waals surface area contributed by atoms with Crippen LogP contribution in [0.5, 0.6) is 0 Å². The molecule has 1 aromatic rings. The van der Waals surface area contributed by atoms with Gasteiger partial charge in [0, 0.05) is 23.8 Å². The smallest absolute Gasteiger partial charge is 0.321 e. The molecule has 0 fully saturated rings. The molecule has 0 unspecified atom stereocenters. The second-order valence-electron chi connectivity index (χ2n) is 3.63. The highest BCUT2D eigenvalue weighted by Crippen LogP contribution is 2.27. The second kappa shape index (κ2) is 5.21. The van der Waals surface area contributed by atoms with Gasteiger partial charge in [0.2, 0.25) is 0 Å². The van der Waals surface area contributed by atoms with Crippen LogP contribution in [0.4, 0.5) is 16.2 Å². The molecule has 0 aliphatic rings. The molecule has 4 nitrogen and oxygen atoms in total. The zero-order valence-corrected chi connectivity index (χ0v) is 11.3. The van der Waals surface area contributed by atoms with Crippen molar-refractivity contribution in [2.75, 3.05) is 24.6 Å². The molecule has 1 aromatic carbocycles. The first-order valence-corrected chi connectivity index (χ1v) is 5.82. The van der Waals surface area contributed by atoms with Crippen LogP contribution in [0.25, 0.3) is 0 Å². The SMILES string of the molecule is CCN(C)C(=O)Nc1cc(N)c(C)cc1Br. The third kappa shape index (κ3) is 2.88. The fraction of sp³-hybridized carbons (Fsp3) is 0.364. The van der Waals surface area contributed by atoms with Crippen molar-refractivity contribution in [3.8, 4) is 0 Å². The van der Waals surface area contributed by atoms with E-state index in [9.17, 15) is 4.79 Å². The minimum atomic E-state index is -0.147. The van der Waals surface area contributed by atoms with Crippen LogP contribution in [-0.2, 0) is 0 Å². The highest BCUT2D eigenvalue weighted by atomic mass is 79.9. The summed E-state index contributed by atoms with van der Waals surface area (Å²) < 4.78 is 0.831. The van der Waals surface area contributed by atoms with Crippen molar-refractivity contribution in [3.63, 3.8) is 0 Å². The molecule has 2 amide bonds. The lowest BCUT2D eigenvalue weighted by Gasteiger charge is -2.17. The summed E-state index contributed by atoms with van der Waals surface area (Å²) in [5, 5.41) is 2.79. The van der Waals surface area contributed by atoms with Crippen LogP contribution in [0.3, 0.4) is 0 Å². The van der Waals surface area contributed by atoms with E-state index in [1.54, 1.807) is 18.0 Å². The lowest BCUT2D eigenvalue weighted by Crippen LogP contribution is -2.31. The van der Waals surface area contributed by atoms with Gasteiger partial charge >= 0.3 is 6.03 Å². The van der Waals surface area contributed by atoms with Gasteiger partial charge in [0.25, 0.3) is 0 Å². The van der Waals surface area contributed by atoms with Crippen molar-refractivity contribution in [1.82, 2.24) is 4.90 Å². The van der Waals surface area contributed by atoms with E-state index < -0.39 is 0 Å². The Morgan fingerprint density at radius 3 is 2.75 bits per heavy atom. The normalized spacial score (nSPS) is 10.0. The number of hydrogen-bond donors (Lipinski definition) is 2. The monoisotopic (exact) mass is 285 g/mol. The Morgan fingerprint density at radius 2 is 2.19 bits per heavy atom. The largest absolute Gasteiger partial charge is 0.398 e. The maximum atomic E-state index is 11.6. The van der Waals surface area contributed by atoms with Crippen LogP contribution in [0.2, 0.25) is 0 Å². The number of urea groups is 1. The molecule has 0 saturated carbocycles. The molecule has 0 radical (unpaired) electrons. The zero-order valence-electron chi connectivity index (χ0n) is 9.67. The molecule has 0 heterocycles. The van der Waals surface area contributed by atoms with E-state index in [0.29, 0.717) is 17.9 Å².